The smallest absolute Gasteiger partial charge is 0.239 e. The molecular weight excluding hydrogens is 396 g/mol. The van der Waals surface area contributed by atoms with Gasteiger partial charge in [-0.1, -0.05) is 30.3 Å². The number of amidine groups is 1. The van der Waals surface area contributed by atoms with Crippen molar-refractivity contribution in [1.29, 1.82) is 5.41 Å². The summed E-state index contributed by atoms with van der Waals surface area (Å²) >= 11 is 0. The molecule has 0 aliphatic heterocycles. The Morgan fingerprint density at radius 3 is 2.41 bits per heavy atom. The molecule has 1 aromatic carbocycles. The molecule has 0 saturated heterocycles. The zero-order valence-electron chi connectivity index (χ0n) is 15.7. The summed E-state index contributed by atoms with van der Waals surface area (Å²) < 4.78 is 0. The highest BCUT2D eigenvalue weighted by Gasteiger charge is 2.17. The third-order valence-electron chi connectivity index (χ3n) is 3.95. The van der Waals surface area contributed by atoms with Gasteiger partial charge in [0.15, 0.2) is 0 Å². The van der Waals surface area contributed by atoms with Crippen molar-refractivity contribution in [1.82, 2.24) is 20.9 Å². The molecule has 2 amide bonds. The van der Waals surface area contributed by atoms with E-state index in [4.69, 9.17) is 11.1 Å². The third kappa shape index (κ3) is 8.26. The van der Waals surface area contributed by atoms with E-state index in [1.54, 1.807) is 42.7 Å². The van der Waals surface area contributed by atoms with E-state index in [0.717, 1.165) is 11.1 Å². The molecule has 0 radical (unpaired) electrons. The van der Waals surface area contributed by atoms with Crippen LogP contribution in [-0.4, -0.2) is 46.9 Å². The molecule has 7 N–H and O–H groups in total. The quantitative estimate of drug-likeness (QED) is 0.228. The van der Waals surface area contributed by atoms with Crippen molar-refractivity contribution in [2.24, 2.45) is 5.73 Å². The molecule has 0 aliphatic carbocycles. The van der Waals surface area contributed by atoms with Crippen LogP contribution in [0.3, 0.4) is 0 Å². The summed E-state index contributed by atoms with van der Waals surface area (Å²) in [5, 5.41) is 24.9. The summed E-state index contributed by atoms with van der Waals surface area (Å²) in [5.74, 6) is -0.831. The van der Waals surface area contributed by atoms with E-state index in [1.165, 1.54) is 0 Å². The van der Waals surface area contributed by atoms with Crippen molar-refractivity contribution in [2.75, 3.05) is 13.2 Å². The van der Waals surface area contributed by atoms with Crippen molar-refractivity contribution in [2.45, 2.75) is 19.1 Å². The SMILES string of the molecule is Cl.N=C(N)c1ccc(CNC(CO)C(=O)NCC(=O)NCc2cccnc2)cc1. The molecule has 0 bridgehead atoms. The van der Waals surface area contributed by atoms with Gasteiger partial charge in [-0.3, -0.25) is 25.3 Å². The summed E-state index contributed by atoms with van der Waals surface area (Å²) in [6.45, 7) is 0.0593. The highest BCUT2D eigenvalue weighted by atomic mass is 35.5. The summed E-state index contributed by atoms with van der Waals surface area (Å²) in [6, 6.07) is 9.73. The van der Waals surface area contributed by atoms with Gasteiger partial charge in [-0.2, -0.15) is 0 Å². The number of hydrogen-bond acceptors (Lipinski definition) is 6. The second-order valence-corrected chi connectivity index (χ2v) is 6.08. The van der Waals surface area contributed by atoms with Crippen LogP contribution in [0.1, 0.15) is 16.7 Å². The molecule has 1 atom stereocenters. The zero-order valence-corrected chi connectivity index (χ0v) is 16.5. The van der Waals surface area contributed by atoms with Crippen molar-refractivity contribution in [3.05, 3.63) is 65.5 Å². The Kier molecular flexibility index (Phi) is 10.3. The molecule has 2 rings (SSSR count). The fourth-order valence-corrected chi connectivity index (χ4v) is 2.34. The first kappa shape index (κ1) is 24.0. The minimum absolute atomic E-state index is 0. The topological polar surface area (TPSA) is 153 Å². The number of aromatic nitrogens is 1. The van der Waals surface area contributed by atoms with Gasteiger partial charge in [-0.15, -0.1) is 12.4 Å². The molecule has 156 valence electrons. The van der Waals surface area contributed by atoms with Gasteiger partial charge in [0.1, 0.15) is 11.9 Å². The highest BCUT2D eigenvalue weighted by Crippen LogP contribution is 2.04. The summed E-state index contributed by atoms with van der Waals surface area (Å²) in [4.78, 5) is 27.9. The fraction of sp³-hybridized carbons (Fsp3) is 0.263. The maximum Gasteiger partial charge on any atom is 0.239 e. The predicted octanol–water partition coefficient (Wildman–Crippen LogP) is -0.329. The fourth-order valence-electron chi connectivity index (χ4n) is 2.34. The number of nitrogens with one attached hydrogen (secondary N) is 4. The van der Waals surface area contributed by atoms with Gasteiger partial charge >= 0.3 is 0 Å². The molecule has 0 aliphatic rings. The Morgan fingerprint density at radius 2 is 1.83 bits per heavy atom. The summed E-state index contributed by atoms with van der Waals surface area (Å²) in [5.41, 5.74) is 7.73. The number of nitrogens with two attached hydrogens (primary N) is 1. The van der Waals surface area contributed by atoms with Gasteiger partial charge in [0.25, 0.3) is 0 Å². The van der Waals surface area contributed by atoms with Crippen LogP contribution in [0.25, 0.3) is 0 Å². The van der Waals surface area contributed by atoms with Crippen LogP contribution in [0.5, 0.6) is 0 Å². The molecule has 0 saturated carbocycles. The average Bonchev–Trinajstić information content (AvgIpc) is 2.72. The Bertz CT molecular complexity index is 801. The number of aliphatic hydroxyl groups is 1. The molecule has 9 nitrogen and oxygen atoms in total. The average molecular weight is 421 g/mol. The number of pyridine rings is 1. The number of aliphatic hydroxyl groups excluding tert-OH is 1. The van der Waals surface area contributed by atoms with Crippen LogP contribution in [0.2, 0.25) is 0 Å². The number of hydrogen-bond donors (Lipinski definition) is 6. The lowest BCUT2D eigenvalue weighted by molar-refractivity contribution is -0.128. The first-order chi connectivity index (χ1) is 13.5. The molecular formula is C19H25ClN6O3. The lowest BCUT2D eigenvalue weighted by atomic mass is 10.1. The van der Waals surface area contributed by atoms with Crippen LogP contribution in [0.15, 0.2) is 48.8 Å². The van der Waals surface area contributed by atoms with E-state index in [2.05, 4.69) is 20.9 Å². The number of nitrogens with zero attached hydrogens (tertiary/aromatic N) is 1. The molecule has 1 aromatic heterocycles. The number of carbonyl (C=O) groups excluding carboxylic acids is 2. The molecule has 0 spiro atoms. The van der Waals surface area contributed by atoms with Crippen molar-refractivity contribution in [3.8, 4) is 0 Å². The zero-order chi connectivity index (χ0) is 20.4. The lowest BCUT2D eigenvalue weighted by Gasteiger charge is -2.16. The van der Waals surface area contributed by atoms with Crippen molar-refractivity contribution in [3.63, 3.8) is 0 Å². The standard InChI is InChI=1S/C19H24N6O3.ClH/c20-18(21)15-5-3-13(4-6-15)9-23-16(12-26)19(28)25-11-17(27)24-10-14-2-1-7-22-8-14;/h1-8,16,23,26H,9-12H2,(H3,20,21)(H,24,27)(H,25,28);1H. The maximum atomic E-state index is 12.1. The lowest BCUT2D eigenvalue weighted by Crippen LogP contribution is -2.48. The number of halogens is 1. The number of nitrogen functional groups attached to an aromatic ring is 1. The summed E-state index contributed by atoms with van der Waals surface area (Å²) in [7, 11) is 0. The second kappa shape index (κ2) is 12.4. The van der Waals surface area contributed by atoms with Crippen LogP contribution in [0, 0.1) is 5.41 Å². The van der Waals surface area contributed by atoms with Gasteiger partial charge in [-0.05, 0) is 17.2 Å². The maximum absolute atomic E-state index is 12.1. The molecule has 1 heterocycles. The Labute approximate surface area is 175 Å². The Morgan fingerprint density at radius 1 is 1.10 bits per heavy atom. The van der Waals surface area contributed by atoms with E-state index in [-0.39, 0.29) is 30.7 Å². The van der Waals surface area contributed by atoms with Gasteiger partial charge in [0.05, 0.1) is 13.2 Å². The normalized spacial score (nSPS) is 11.1. The molecule has 10 heteroatoms. The largest absolute Gasteiger partial charge is 0.394 e. The van der Waals surface area contributed by atoms with Crippen molar-refractivity contribution < 1.29 is 14.7 Å². The van der Waals surface area contributed by atoms with E-state index >= 15 is 0 Å². The van der Waals surface area contributed by atoms with Crippen LogP contribution in [-0.2, 0) is 22.7 Å². The number of benzene rings is 1. The minimum Gasteiger partial charge on any atom is -0.394 e. The first-order valence-corrected chi connectivity index (χ1v) is 8.70. The van der Waals surface area contributed by atoms with E-state index in [1.807, 2.05) is 6.07 Å². The van der Waals surface area contributed by atoms with Crippen LogP contribution in [0.4, 0.5) is 0 Å². The number of carbonyl (C=O) groups is 2. The van der Waals surface area contributed by atoms with Gasteiger partial charge < -0.3 is 21.5 Å². The third-order valence-corrected chi connectivity index (χ3v) is 3.95. The number of amides is 2. The van der Waals surface area contributed by atoms with Gasteiger partial charge in [-0.25, -0.2) is 0 Å². The first-order valence-electron chi connectivity index (χ1n) is 8.70. The summed E-state index contributed by atoms with van der Waals surface area (Å²) in [6.07, 6.45) is 3.29. The van der Waals surface area contributed by atoms with Crippen LogP contribution < -0.4 is 21.7 Å². The van der Waals surface area contributed by atoms with E-state index in [0.29, 0.717) is 18.7 Å². The molecule has 2 aromatic rings. The Balaban J connectivity index is 0.00000420. The molecule has 1 unspecified atom stereocenters. The monoisotopic (exact) mass is 420 g/mol. The number of rotatable bonds is 10. The van der Waals surface area contributed by atoms with Crippen LogP contribution >= 0.6 is 12.4 Å². The minimum atomic E-state index is -0.849. The highest BCUT2D eigenvalue weighted by molar-refractivity contribution is 5.94. The van der Waals surface area contributed by atoms with Crippen molar-refractivity contribution >= 4 is 30.1 Å². The van der Waals surface area contributed by atoms with E-state index in [9.17, 15) is 14.7 Å². The van der Waals surface area contributed by atoms with Gasteiger partial charge in [0, 0.05) is 31.0 Å². The Hall–Kier alpha value is -3.01. The van der Waals surface area contributed by atoms with E-state index < -0.39 is 18.6 Å². The second-order valence-electron chi connectivity index (χ2n) is 6.08. The molecule has 0 fully saturated rings. The predicted molar refractivity (Wildman–Crippen MR) is 112 cm³/mol. The molecule has 29 heavy (non-hydrogen) atoms. The van der Waals surface area contributed by atoms with Gasteiger partial charge in [0.2, 0.25) is 11.8 Å².